The van der Waals surface area contributed by atoms with Gasteiger partial charge in [0.2, 0.25) is 53.2 Å². The van der Waals surface area contributed by atoms with E-state index in [0.717, 1.165) is 11.1 Å². The van der Waals surface area contributed by atoms with Crippen molar-refractivity contribution >= 4 is 117 Å². The molecule has 3 aliphatic rings. The second kappa shape index (κ2) is 36.3. The second-order valence-electron chi connectivity index (χ2n) is 26.2. The van der Waals surface area contributed by atoms with Crippen molar-refractivity contribution in [3.05, 3.63) is 137 Å². The number of unbranched alkanes of at least 4 members (excludes halogenated alkanes) is 1. The topological polar surface area (TPSA) is 382 Å². The summed E-state index contributed by atoms with van der Waals surface area (Å²) in [6.45, 7) is 5.73. The number of halogens is 2. The number of amides is 9. The number of thioether (sulfide) groups is 2. The van der Waals surface area contributed by atoms with Crippen LogP contribution in [0.2, 0.25) is 0 Å². The third-order valence-electron chi connectivity index (χ3n) is 18.2. The highest BCUT2D eigenvalue weighted by Crippen LogP contribution is 2.32. The number of carbonyl (C=O) groups is 10. The highest BCUT2D eigenvalue weighted by Gasteiger charge is 2.48. The van der Waals surface area contributed by atoms with Gasteiger partial charge in [-0.05, 0) is 128 Å². The SMILES string of the molecule is COc1ccc(C[C@@H]2NC(=O)[C@H](CC3=NC=NC3)NC(=O)[C@H](CC(=O)O)NC(=O)[C@H](Cc3c[nH]c4ccc(F)cc34)NC(=O)[C@H](Cc3c[nH]c4ccc(F)cc34)NC(=O)C(C(C)C)NC(=O)[C@H](CCCCN)NC(=O)CCSCc3cccc(c3)CSCCNC(=O)[C@]3(C)CCCN3C2=O)cc1. The third kappa shape index (κ3) is 20.8. The molecule has 30 heteroatoms. The van der Waals surface area contributed by atoms with Crippen LogP contribution in [0.25, 0.3) is 21.8 Å². The number of methoxy groups -OCH3 is 1. The molecule has 544 valence electrons. The predicted molar refractivity (Wildman–Crippen MR) is 385 cm³/mol. The van der Waals surface area contributed by atoms with E-state index in [-0.39, 0.29) is 62.7 Å². The van der Waals surface area contributed by atoms with Gasteiger partial charge >= 0.3 is 5.97 Å². The van der Waals surface area contributed by atoms with Crippen LogP contribution < -0.4 is 53.0 Å². The number of ether oxygens (including phenoxy) is 1. The Morgan fingerprint density at radius 2 is 1.25 bits per heavy atom. The Bertz CT molecular complexity index is 4090. The molecule has 1 fully saturated rings. The molecule has 0 spiro atoms. The minimum Gasteiger partial charge on any atom is -0.497 e. The van der Waals surface area contributed by atoms with Crippen LogP contribution in [0.1, 0.15) is 100.0 Å². The molecule has 2 aromatic heterocycles. The van der Waals surface area contributed by atoms with Crippen LogP contribution in [-0.2, 0) is 78.7 Å². The number of nitrogens with two attached hydrogens (primary N) is 1. The van der Waals surface area contributed by atoms with E-state index in [1.807, 2.05) is 18.2 Å². The Morgan fingerprint density at radius 3 is 1.82 bits per heavy atom. The molecular formula is C72H88F2N14O12S2. The molecule has 4 aromatic carbocycles. The number of nitrogens with one attached hydrogen (secondary N) is 10. The Labute approximate surface area is 597 Å². The van der Waals surface area contributed by atoms with Gasteiger partial charge in [0, 0.05) is 108 Å². The van der Waals surface area contributed by atoms with Crippen molar-refractivity contribution in [1.82, 2.24) is 57.4 Å². The fraction of sp³-hybridized carbons (Fsp3) is 0.444. The standard InChI is InChI=1S/C72H88F2N14O12S2/c1-41(2)63-69(97)85-57(30-46-36-79-54-19-15-48(74)32-52(46)54)66(94)82-56(29-45-35-78-53-18-14-47(73)31-51(45)53)65(93)84-59(34-62(90)91)68(96)83-58(33-49-37-76-40-80-49)67(95)86-60(28-42-12-16-50(100-4)17-13-42)70(98)88-24-8-21-72(88,3)71(99)77-23-26-102-39-44-10-7-9-43(27-44)38-101-25-20-61(89)81-55(64(92)87-63)11-5-6-22-75/h7,9-10,12-19,27,31-32,35-36,40-41,55-60,63,78-79H,5-6,8,11,20-26,28-30,33-34,37-39,75H2,1-4H3,(H,77,99)(H,81,89)(H,82,94)(H,83,96)(H,84,93)(H,85,97)(H,86,95)(H,87,92)(H,90,91)/t55-,56-,57-,58-,59-,60-,63?,72-/m0/s1. The Hall–Kier alpha value is -9.68. The molecule has 0 aliphatic carbocycles. The summed E-state index contributed by atoms with van der Waals surface area (Å²) in [7, 11) is 1.49. The number of hydrogen-bond donors (Lipinski definition) is 12. The van der Waals surface area contributed by atoms with Gasteiger partial charge in [-0.25, -0.2) is 13.8 Å². The second-order valence-corrected chi connectivity index (χ2v) is 28.4. The molecule has 13 N–H and O–H groups in total. The van der Waals surface area contributed by atoms with Gasteiger partial charge in [0.25, 0.3) is 0 Å². The third-order valence-corrected chi connectivity index (χ3v) is 20.3. The molecule has 2 bridgehead atoms. The van der Waals surface area contributed by atoms with Crippen molar-refractivity contribution < 1.29 is 66.6 Å². The quantitative estimate of drug-likeness (QED) is 0.0591. The zero-order chi connectivity index (χ0) is 73.0. The average Bonchev–Trinajstić information content (AvgIpc) is 1.58. The Kier molecular flexibility index (Phi) is 27.2. The first kappa shape index (κ1) is 76.5. The van der Waals surface area contributed by atoms with E-state index < -0.39 is 137 Å². The number of carboxylic acid groups (broad SMARTS) is 1. The highest BCUT2D eigenvalue weighted by molar-refractivity contribution is 7.98. The smallest absolute Gasteiger partial charge is 0.305 e. The maximum atomic E-state index is 15.3. The lowest BCUT2D eigenvalue weighted by molar-refractivity contribution is -0.146. The van der Waals surface area contributed by atoms with Crippen LogP contribution in [0.3, 0.4) is 0 Å². The summed E-state index contributed by atoms with van der Waals surface area (Å²) in [6.07, 6.45) is 3.82. The van der Waals surface area contributed by atoms with Crippen molar-refractivity contribution in [2.24, 2.45) is 21.6 Å². The summed E-state index contributed by atoms with van der Waals surface area (Å²) in [6, 6.07) is 11.7. The van der Waals surface area contributed by atoms with Crippen molar-refractivity contribution in [1.29, 1.82) is 0 Å². The fourth-order valence-corrected chi connectivity index (χ4v) is 14.3. The van der Waals surface area contributed by atoms with Gasteiger partial charge in [0.15, 0.2) is 0 Å². The molecular weight excluding hydrogens is 1360 g/mol. The first-order valence-electron chi connectivity index (χ1n) is 34.0. The van der Waals surface area contributed by atoms with E-state index in [9.17, 15) is 33.9 Å². The molecule has 1 saturated heterocycles. The summed E-state index contributed by atoms with van der Waals surface area (Å²) in [5, 5.41) is 33.0. The minimum absolute atomic E-state index is 0.00950. The number of carbonyl (C=O) groups excluding carboxylic acids is 9. The first-order valence-corrected chi connectivity index (χ1v) is 36.3. The summed E-state index contributed by atoms with van der Waals surface area (Å²) >= 11 is 3.13. The van der Waals surface area contributed by atoms with Gasteiger partial charge in [-0.2, -0.15) is 23.5 Å². The maximum Gasteiger partial charge on any atom is 0.305 e. The number of aliphatic imine (C=N–C) groups is 2. The molecule has 102 heavy (non-hydrogen) atoms. The number of rotatable bonds is 16. The lowest BCUT2D eigenvalue weighted by atomic mass is 9.95. The monoisotopic (exact) mass is 1440 g/mol. The lowest BCUT2D eigenvalue weighted by Crippen LogP contribution is -2.62. The first-order chi connectivity index (χ1) is 49.0. The van der Waals surface area contributed by atoms with Crippen LogP contribution in [0.15, 0.2) is 107 Å². The van der Waals surface area contributed by atoms with Crippen LogP contribution >= 0.6 is 23.5 Å². The van der Waals surface area contributed by atoms with Crippen molar-refractivity contribution in [3.63, 3.8) is 0 Å². The summed E-state index contributed by atoms with van der Waals surface area (Å²) < 4.78 is 35.4. The Balaban J connectivity index is 1.07. The van der Waals surface area contributed by atoms with E-state index in [1.54, 1.807) is 56.8 Å². The van der Waals surface area contributed by atoms with E-state index >= 15 is 28.0 Å². The molecule has 26 nitrogen and oxygen atoms in total. The number of H-pyrrole nitrogens is 2. The lowest BCUT2D eigenvalue weighted by Gasteiger charge is -2.36. The zero-order valence-corrected chi connectivity index (χ0v) is 58.9. The van der Waals surface area contributed by atoms with Gasteiger partial charge < -0.3 is 73.0 Å². The number of carboxylic acids is 1. The van der Waals surface area contributed by atoms with Crippen molar-refractivity contribution in [3.8, 4) is 5.75 Å². The van der Waals surface area contributed by atoms with Gasteiger partial charge in [-0.1, -0.05) is 50.2 Å². The highest BCUT2D eigenvalue weighted by atomic mass is 32.2. The van der Waals surface area contributed by atoms with Crippen LogP contribution in [0.5, 0.6) is 5.75 Å². The maximum absolute atomic E-state index is 15.3. The molecule has 5 heterocycles. The van der Waals surface area contributed by atoms with E-state index in [2.05, 4.69) is 68.6 Å². The average molecular weight is 1440 g/mol. The molecule has 0 radical (unpaired) electrons. The van der Waals surface area contributed by atoms with E-state index in [1.165, 1.54) is 78.9 Å². The fourth-order valence-electron chi connectivity index (χ4n) is 12.6. The number of hydrogen-bond acceptors (Lipinski definition) is 16. The zero-order valence-electron chi connectivity index (χ0n) is 57.3. The minimum atomic E-state index is -2.01. The molecule has 1 unspecified atom stereocenters. The number of fused-ring (bicyclic) bond motifs is 5. The van der Waals surface area contributed by atoms with Gasteiger partial charge in [0.1, 0.15) is 71.6 Å². The molecule has 9 amide bonds. The van der Waals surface area contributed by atoms with E-state index in [4.69, 9.17) is 10.5 Å². The van der Waals surface area contributed by atoms with Crippen molar-refractivity contribution in [2.45, 2.75) is 151 Å². The molecule has 0 saturated carbocycles. The molecule has 6 aromatic rings. The summed E-state index contributed by atoms with van der Waals surface area (Å²) in [4.78, 5) is 162. The van der Waals surface area contributed by atoms with Crippen LogP contribution in [-0.4, -0.2) is 184 Å². The normalized spacial score (nSPS) is 23.3. The van der Waals surface area contributed by atoms with Crippen LogP contribution in [0, 0.1) is 17.6 Å². The van der Waals surface area contributed by atoms with Crippen LogP contribution in [0.4, 0.5) is 8.78 Å². The number of benzene rings is 4. The van der Waals surface area contributed by atoms with Gasteiger partial charge in [-0.15, -0.1) is 0 Å². The largest absolute Gasteiger partial charge is 0.497 e. The summed E-state index contributed by atoms with van der Waals surface area (Å²) in [5.41, 5.74) is 8.94. The molecule has 9 rings (SSSR count). The predicted octanol–water partition coefficient (Wildman–Crippen LogP) is 4.56. The molecule has 8 atom stereocenters. The van der Waals surface area contributed by atoms with Crippen molar-refractivity contribution in [2.75, 3.05) is 44.8 Å². The number of nitrogens with zero attached hydrogens (tertiary/aromatic N) is 3. The number of aromatic nitrogens is 2. The number of aromatic amines is 2. The van der Waals surface area contributed by atoms with Gasteiger partial charge in [-0.3, -0.25) is 52.9 Å². The molecule has 3 aliphatic heterocycles. The number of aliphatic carboxylic acids is 1. The summed E-state index contributed by atoms with van der Waals surface area (Å²) in [5.74, 6) is -8.16. The van der Waals surface area contributed by atoms with Gasteiger partial charge in [0.05, 0.1) is 20.1 Å². The van der Waals surface area contributed by atoms with E-state index in [0.29, 0.717) is 94.2 Å². The Morgan fingerprint density at radius 1 is 0.676 bits per heavy atom.